The molecule has 1 fully saturated rings. The van der Waals surface area contributed by atoms with E-state index in [1.165, 1.54) is 0 Å². The van der Waals surface area contributed by atoms with Crippen molar-refractivity contribution in [2.45, 2.75) is 19.9 Å². The van der Waals surface area contributed by atoms with Gasteiger partial charge in [0.2, 0.25) is 5.91 Å². The molecule has 1 aromatic rings. The third-order valence-corrected chi connectivity index (χ3v) is 3.09. The van der Waals surface area contributed by atoms with Gasteiger partial charge in [-0.25, -0.2) is 4.98 Å². The van der Waals surface area contributed by atoms with Crippen LogP contribution in [0.25, 0.3) is 0 Å². The number of carbonyl (C=O) groups is 1. The molecule has 5 nitrogen and oxygen atoms in total. The lowest BCUT2D eigenvalue weighted by atomic mass is 10.1. The largest absolute Gasteiger partial charge is 0.355 e. The van der Waals surface area contributed by atoms with Gasteiger partial charge in [-0.3, -0.25) is 4.79 Å². The van der Waals surface area contributed by atoms with Gasteiger partial charge in [-0.1, -0.05) is 0 Å². The molecule has 0 aliphatic carbocycles. The smallest absolute Gasteiger partial charge is 0.244 e. The monoisotopic (exact) mass is 248 g/mol. The van der Waals surface area contributed by atoms with Gasteiger partial charge in [0.25, 0.3) is 0 Å². The van der Waals surface area contributed by atoms with Gasteiger partial charge in [0.05, 0.1) is 0 Å². The summed E-state index contributed by atoms with van der Waals surface area (Å²) in [6, 6.07) is 3.82. The summed E-state index contributed by atoms with van der Waals surface area (Å²) >= 11 is 0. The number of nitrogens with one attached hydrogen (secondary N) is 2. The summed E-state index contributed by atoms with van der Waals surface area (Å²) in [4.78, 5) is 18.5. The molecule has 1 unspecified atom stereocenters. The highest BCUT2D eigenvalue weighted by atomic mass is 16.2. The quantitative estimate of drug-likeness (QED) is 0.808. The van der Waals surface area contributed by atoms with Crippen molar-refractivity contribution in [2.75, 3.05) is 31.1 Å². The third kappa shape index (κ3) is 2.79. The van der Waals surface area contributed by atoms with Crippen molar-refractivity contribution in [3.63, 3.8) is 0 Å². The second kappa shape index (κ2) is 5.82. The van der Waals surface area contributed by atoms with E-state index >= 15 is 0 Å². The molecule has 18 heavy (non-hydrogen) atoms. The van der Waals surface area contributed by atoms with Crippen molar-refractivity contribution >= 4 is 11.7 Å². The Balaban J connectivity index is 2.20. The van der Waals surface area contributed by atoms with E-state index < -0.39 is 0 Å². The molecule has 0 radical (unpaired) electrons. The van der Waals surface area contributed by atoms with Crippen LogP contribution in [0.15, 0.2) is 18.3 Å². The van der Waals surface area contributed by atoms with Crippen molar-refractivity contribution in [3.8, 4) is 0 Å². The van der Waals surface area contributed by atoms with E-state index in [4.69, 9.17) is 0 Å². The number of aromatic nitrogens is 1. The molecule has 0 aromatic carbocycles. The van der Waals surface area contributed by atoms with Crippen LogP contribution in [0.2, 0.25) is 0 Å². The fraction of sp³-hybridized carbons (Fsp3) is 0.538. The summed E-state index contributed by atoms with van der Waals surface area (Å²) in [5, 5.41) is 6.14. The van der Waals surface area contributed by atoms with Gasteiger partial charge in [0.15, 0.2) is 0 Å². The van der Waals surface area contributed by atoms with Gasteiger partial charge in [-0.05, 0) is 31.5 Å². The molecule has 0 saturated carbocycles. The minimum Gasteiger partial charge on any atom is -0.355 e. The van der Waals surface area contributed by atoms with Crippen LogP contribution < -0.4 is 15.5 Å². The first-order valence-electron chi connectivity index (χ1n) is 6.40. The molecular weight excluding hydrogens is 228 g/mol. The Hall–Kier alpha value is -1.62. The number of amides is 1. The van der Waals surface area contributed by atoms with E-state index in [0.717, 1.165) is 24.5 Å². The summed E-state index contributed by atoms with van der Waals surface area (Å²) in [7, 11) is 0. The maximum Gasteiger partial charge on any atom is 0.244 e. The molecule has 2 N–H and O–H groups in total. The molecule has 1 atom stereocenters. The molecule has 1 saturated heterocycles. The topological polar surface area (TPSA) is 57.3 Å². The molecule has 5 heteroatoms. The van der Waals surface area contributed by atoms with E-state index in [2.05, 4.69) is 20.5 Å². The zero-order valence-corrected chi connectivity index (χ0v) is 10.9. The van der Waals surface area contributed by atoms with E-state index in [0.29, 0.717) is 13.1 Å². The predicted molar refractivity (Wildman–Crippen MR) is 71.7 cm³/mol. The Kier molecular flexibility index (Phi) is 4.15. The number of pyridine rings is 1. The number of hydrogen-bond donors (Lipinski definition) is 2. The number of rotatable bonds is 3. The molecular formula is C13H20N4O. The first-order valence-corrected chi connectivity index (χ1v) is 6.40. The van der Waals surface area contributed by atoms with Gasteiger partial charge in [-0.2, -0.15) is 0 Å². The number of anilines is 1. The molecule has 0 bridgehead atoms. The molecule has 1 aromatic heterocycles. The number of likely N-dealkylation sites (N-methyl/N-ethyl adjacent to an activating group) is 1. The lowest BCUT2D eigenvalue weighted by Gasteiger charge is -2.36. The summed E-state index contributed by atoms with van der Waals surface area (Å²) in [5.74, 6) is 0.945. The average molecular weight is 248 g/mol. The molecule has 98 valence electrons. The van der Waals surface area contributed by atoms with Gasteiger partial charge in [-0.15, -0.1) is 0 Å². The highest BCUT2D eigenvalue weighted by Gasteiger charge is 2.29. The average Bonchev–Trinajstić information content (AvgIpc) is 2.39. The van der Waals surface area contributed by atoms with Crippen molar-refractivity contribution in [1.82, 2.24) is 15.6 Å². The van der Waals surface area contributed by atoms with Crippen LogP contribution in [-0.4, -0.2) is 43.1 Å². The maximum atomic E-state index is 12.0. The fourth-order valence-electron chi connectivity index (χ4n) is 2.18. The number of nitrogens with zero attached hydrogens (tertiary/aromatic N) is 2. The van der Waals surface area contributed by atoms with E-state index in [1.54, 1.807) is 6.20 Å². The minimum absolute atomic E-state index is 0.0630. The van der Waals surface area contributed by atoms with E-state index in [1.807, 2.05) is 26.0 Å². The van der Waals surface area contributed by atoms with E-state index in [-0.39, 0.29) is 11.9 Å². The summed E-state index contributed by atoms with van der Waals surface area (Å²) in [6.07, 6.45) is 1.79. The zero-order chi connectivity index (χ0) is 13.0. The van der Waals surface area contributed by atoms with Crippen molar-refractivity contribution < 1.29 is 4.79 Å². The van der Waals surface area contributed by atoms with Crippen molar-refractivity contribution in [3.05, 3.63) is 23.9 Å². The van der Waals surface area contributed by atoms with Gasteiger partial charge in [0.1, 0.15) is 11.9 Å². The third-order valence-electron chi connectivity index (χ3n) is 3.09. The number of aryl methyl sites for hydroxylation is 1. The molecule has 1 aliphatic heterocycles. The van der Waals surface area contributed by atoms with Gasteiger partial charge >= 0.3 is 0 Å². The second-order valence-corrected chi connectivity index (χ2v) is 4.50. The van der Waals surface area contributed by atoms with Crippen LogP contribution in [-0.2, 0) is 4.79 Å². The van der Waals surface area contributed by atoms with Gasteiger partial charge < -0.3 is 15.5 Å². The Labute approximate surface area is 108 Å². The summed E-state index contributed by atoms with van der Waals surface area (Å²) < 4.78 is 0. The molecule has 1 amide bonds. The first-order chi connectivity index (χ1) is 8.72. The van der Waals surface area contributed by atoms with Crippen LogP contribution in [0.1, 0.15) is 12.5 Å². The summed E-state index contributed by atoms with van der Waals surface area (Å²) in [6.45, 7) is 6.98. The van der Waals surface area contributed by atoms with Crippen molar-refractivity contribution in [2.24, 2.45) is 0 Å². The fourth-order valence-corrected chi connectivity index (χ4v) is 2.18. The second-order valence-electron chi connectivity index (χ2n) is 4.50. The Morgan fingerprint density at radius 1 is 1.67 bits per heavy atom. The predicted octanol–water partition coefficient (Wildman–Crippen LogP) is 0.304. The Morgan fingerprint density at radius 3 is 3.22 bits per heavy atom. The molecule has 0 spiro atoms. The normalized spacial score (nSPS) is 19.7. The van der Waals surface area contributed by atoms with Crippen molar-refractivity contribution in [1.29, 1.82) is 0 Å². The zero-order valence-electron chi connectivity index (χ0n) is 10.9. The van der Waals surface area contributed by atoms with Crippen LogP contribution in [0, 0.1) is 6.92 Å². The van der Waals surface area contributed by atoms with Crippen LogP contribution in [0.5, 0.6) is 0 Å². The number of carbonyl (C=O) groups excluding carboxylic acids is 1. The molecule has 2 rings (SSSR count). The molecule has 1 aliphatic rings. The maximum absolute atomic E-state index is 12.0. The van der Waals surface area contributed by atoms with Crippen LogP contribution >= 0.6 is 0 Å². The number of piperazine rings is 1. The SMILES string of the molecule is CCNC(=O)C1CNCCN1c1cc(C)ccn1. The van der Waals surface area contributed by atoms with Gasteiger partial charge in [0, 0.05) is 32.4 Å². The highest BCUT2D eigenvalue weighted by molar-refractivity contribution is 5.85. The Morgan fingerprint density at radius 2 is 2.50 bits per heavy atom. The highest BCUT2D eigenvalue weighted by Crippen LogP contribution is 2.16. The lowest BCUT2D eigenvalue weighted by Crippen LogP contribution is -2.58. The van der Waals surface area contributed by atoms with Crippen LogP contribution in [0.3, 0.4) is 0 Å². The van der Waals surface area contributed by atoms with Crippen LogP contribution in [0.4, 0.5) is 5.82 Å². The van der Waals surface area contributed by atoms with E-state index in [9.17, 15) is 4.79 Å². The molecule has 2 heterocycles. The Bertz CT molecular complexity index is 421. The lowest BCUT2D eigenvalue weighted by molar-refractivity contribution is -0.122. The standard InChI is InChI=1S/C13H20N4O/c1-3-15-13(18)11-9-14-6-7-17(11)12-8-10(2)4-5-16-12/h4-5,8,11,14H,3,6-7,9H2,1-2H3,(H,15,18). The minimum atomic E-state index is -0.173. The summed E-state index contributed by atoms with van der Waals surface area (Å²) in [5.41, 5.74) is 1.16. The number of hydrogen-bond acceptors (Lipinski definition) is 4. The first kappa shape index (κ1) is 12.8.